The molecule has 6 heteroatoms. The average Bonchev–Trinajstić information content (AvgIpc) is 2.48. The molecule has 0 aromatic heterocycles. The van der Waals surface area contributed by atoms with Crippen LogP contribution in [0.3, 0.4) is 0 Å². The number of hydrogen-bond donors (Lipinski definition) is 2. The van der Waals surface area contributed by atoms with Gasteiger partial charge in [-0.3, -0.25) is 0 Å². The Kier molecular flexibility index (Phi) is 7.55. The smallest absolute Gasteiger partial charge is 0.319 e. The molecule has 23 heavy (non-hydrogen) atoms. The van der Waals surface area contributed by atoms with Gasteiger partial charge in [0.05, 0.1) is 4.90 Å². The first-order valence-corrected chi connectivity index (χ1v) is 10.0. The summed E-state index contributed by atoms with van der Waals surface area (Å²) in [4.78, 5) is 12.2. The zero-order valence-corrected chi connectivity index (χ0v) is 15.3. The second-order valence-corrected chi connectivity index (χ2v) is 8.02. The lowest BCUT2D eigenvalue weighted by Crippen LogP contribution is -2.33. The molecule has 0 unspecified atom stereocenters. The number of anilines is 1. The number of amides is 2. The molecule has 0 aliphatic carbocycles. The SMILES string of the molecule is CCCC[C@H](CC)CNC(=O)Nc1cc(S(C)(=O)=O)ccc1C. The summed E-state index contributed by atoms with van der Waals surface area (Å²) in [6.07, 6.45) is 5.61. The first-order chi connectivity index (χ1) is 10.8. The van der Waals surface area contributed by atoms with E-state index in [1.807, 2.05) is 6.92 Å². The van der Waals surface area contributed by atoms with E-state index in [9.17, 15) is 13.2 Å². The maximum absolute atomic E-state index is 12.0. The van der Waals surface area contributed by atoms with Gasteiger partial charge >= 0.3 is 6.03 Å². The molecule has 130 valence electrons. The fourth-order valence-corrected chi connectivity index (χ4v) is 2.96. The number of sulfone groups is 1. The van der Waals surface area contributed by atoms with Gasteiger partial charge in [0.25, 0.3) is 0 Å². The minimum Gasteiger partial charge on any atom is -0.338 e. The summed E-state index contributed by atoms with van der Waals surface area (Å²) in [6.45, 7) is 6.74. The van der Waals surface area contributed by atoms with Crippen LogP contribution in [0.4, 0.5) is 10.5 Å². The molecule has 0 aliphatic heterocycles. The van der Waals surface area contributed by atoms with Gasteiger partial charge in [0.15, 0.2) is 9.84 Å². The van der Waals surface area contributed by atoms with Gasteiger partial charge in [-0.25, -0.2) is 13.2 Å². The van der Waals surface area contributed by atoms with Crippen LogP contribution in [0.25, 0.3) is 0 Å². The monoisotopic (exact) mass is 340 g/mol. The molecular formula is C17H28N2O3S. The minimum atomic E-state index is -3.29. The third kappa shape index (κ3) is 6.60. The van der Waals surface area contributed by atoms with Crippen LogP contribution in [0.15, 0.2) is 23.1 Å². The number of rotatable bonds is 8. The van der Waals surface area contributed by atoms with Gasteiger partial charge in [0, 0.05) is 18.5 Å². The Labute approximate surface area is 139 Å². The molecule has 2 N–H and O–H groups in total. The van der Waals surface area contributed by atoms with E-state index in [2.05, 4.69) is 24.5 Å². The number of carbonyl (C=O) groups is 1. The van der Waals surface area contributed by atoms with Crippen LogP contribution in [-0.4, -0.2) is 27.2 Å². The van der Waals surface area contributed by atoms with Crippen molar-refractivity contribution in [1.82, 2.24) is 5.32 Å². The Morgan fingerprint density at radius 2 is 1.96 bits per heavy atom. The second kappa shape index (κ2) is 8.91. The maximum Gasteiger partial charge on any atom is 0.319 e. The number of aryl methyl sites for hydroxylation is 1. The quantitative estimate of drug-likeness (QED) is 0.757. The number of nitrogens with one attached hydrogen (secondary N) is 2. The summed E-state index contributed by atoms with van der Waals surface area (Å²) < 4.78 is 23.2. The van der Waals surface area contributed by atoms with Crippen molar-refractivity contribution in [2.45, 2.75) is 51.3 Å². The lowest BCUT2D eigenvalue weighted by atomic mass is 9.99. The fourth-order valence-electron chi connectivity index (χ4n) is 2.31. The summed E-state index contributed by atoms with van der Waals surface area (Å²) in [5, 5.41) is 5.62. The first kappa shape index (κ1) is 19.5. The highest BCUT2D eigenvalue weighted by atomic mass is 32.2. The van der Waals surface area contributed by atoms with Crippen LogP contribution in [0, 0.1) is 12.8 Å². The predicted molar refractivity (Wildman–Crippen MR) is 94.6 cm³/mol. The molecule has 0 radical (unpaired) electrons. The zero-order valence-electron chi connectivity index (χ0n) is 14.5. The van der Waals surface area contributed by atoms with Crippen LogP contribution in [0.2, 0.25) is 0 Å². The van der Waals surface area contributed by atoms with Gasteiger partial charge in [0.1, 0.15) is 0 Å². The second-order valence-electron chi connectivity index (χ2n) is 6.00. The molecule has 0 saturated carbocycles. The molecular weight excluding hydrogens is 312 g/mol. The number of hydrogen-bond acceptors (Lipinski definition) is 3. The van der Waals surface area contributed by atoms with Crippen molar-refractivity contribution < 1.29 is 13.2 Å². The van der Waals surface area contributed by atoms with Crippen LogP contribution >= 0.6 is 0 Å². The predicted octanol–water partition coefficient (Wildman–Crippen LogP) is 3.74. The van der Waals surface area contributed by atoms with E-state index in [0.717, 1.165) is 37.5 Å². The molecule has 5 nitrogen and oxygen atoms in total. The fraction of sp³-hybridized carbons (Fsp3) is 0.588. The Balaban J connectivity index is 2.67. The molecule has 2 amide bonds. The first-order valence-electron chi connectivity index (χ1n) is 8.13. The summed E-state index contributed by atoms with van der Waals surface area (Å²) >= 11 is 0. The Bertz CT molecular complexity index is 627. The van der Waals surface area contributed by atoms with Crippen LogP contribution in [0.5, 0.6) is 0 Å². The molecule has 0 heterocycles. The highest BCUT2D eigenvalue weighted by Gasteiger charge is 2.12. The maximum atomic E-state index is 12.0. The average molecular weight is 340 g/mol. The summed E-state index contributed by atoms with van der Waals surface area (Å²) in [5.74, 6) is 0.476. The van der Waals surface area contributed by atoms with Crippen molar-refractivity contribution in [3.8, 4) is 0 Å². The third-order valence-electron chi connectivity index (χ3n) is 3.98. The minimum absolute atomic E-state index is 0.202. The van der Waals surface area contributed by atoms with E-state index in [1.165, 1.54) is 6.07 Å². The molecule has 0 saturated heterocycles. The van der Waals surface area contributed by atoms with Crippen molar-refractivity contribution in [1.29, 1.82) is 0 Å². The van der Waals surface area contributed by atoms with E-state index >= 15 is 0 Å². The van der Waals surface area contributed by atoms with Crippen molar-refractivity contribution in [2.75, 3.05) is 18.1 Å². The molecule has 0 fully saturated rings. The third-order valence-corrected chi connectivity index (χ3v) is 5.09. The lowest BCUT2D eigenvalue weighted by Gasteiger charge is -2.16. The Morgan fingerprint density at radius 1 is 1.26 bits per heavy atom. The highest BCUT2D eigenvalue weighted by Crippen LogP contribution is 2.20. The van der Waals surface area contributed by atoms with Crippen molar-refractivity contribution in [3.05, 3.63) is 23.8 Å². The lowest BCUT2D eigenvalue weighted by molar-refractivity contribution is 0.249. The van der Waals surface area contributed by atoms with E-state index in [1.54, 1.807) is 12.1 Å². The Hall–Kier alpha value is -1.56. The van der Waals surface area contributed by atoms with Gasteiger partial charge < -0.3 is 10.6 Å². The van der Waals surface area contributed by atoms with Crippen molar-refractivity contribution in [3.63, 3.8) is 0 Å². The van der Waals surface area contributed by atoms with Gasteiger partial charge in [-0.15, -0.1) is 0 Å². The normalized spacial score (nSPS) is 12.7. The van der Waals surface area contributed by atoms with E-state index in [0.29, 0.717) is 18.2 Å². The standard InChI is InChI=1S/C17H28N2O3S/c1-5-7-8-14(6-2)12-18-17(20)19-16-11-15(23(4,21)22)10-9-13(16)3/h9-11,14H,5-8,12H2,1-4H3,(H2,18,19,20)/t14-/m0/s1. The van der Waals surface area contributed by atoms with Crippen molar-refractivity contribution >= 4 is 21.6 Å². The number of benzene rings is 1. The number of unbranched alkanes of at least 4 members (excludes halogenated alkanes) is 1. The molecule has 1 aromatic carbocycles. The largest absolute Gasteiger partial charge is 0.338 e. The molecule has 0 aliphatic rings. The van der Waals surface area contributed by atoms with E-state index in [-0.39, 0.29) is 10.9 Å². The summed E-state index contributed by atoms with van der Waals surface area (Å²) in [7, 11) is -3.29. The van der Waals surface area contributed by atoms with E-state index < -0.39 is 9.84 Å². The highest BCUT2D eigenvalue weighted by molar-refractivity contribution is 7.90. The van der Waals surface area contributed by atoms with Gasteiger partial charge in [0.2, 0.25) is 0 Å². The van der Waals surface area contributed by atoms with Gasteiger partial charge in [-0.2, -0.15) is 0 Å². The summed E-state index contributed by atoms with van der Waals surface area (Å²) in [6, 6.07) is 4.44. The molecule has 0 spiro atoms. The van der Waals surface area contributed by atoms with Gasteiger partial charge in [-0.05, 0) is 37.0 Å². The van der Waals surface area contributed by atoms with Crippen LogP contribution in [0.1, 0.15) is 45.1 Å². The molecule has 1 aromatic rings. The van der Waals surface area contributed by atoms with Crippen LogP contribution < -0.4 is 10.6 Å². The van der Waals surface area contributed by atoms with Crippen LogP contribution in [-0.2, 0) is 9.84 Å². The Morgan fingerprint density at radius 3 is 2.52 bits per heavy atom. The van der Waals surface area contributed by atoms with E-state index in [4.69, 9.17) is 0 Å². The number of carbonyl (C=O) groups excluding carboxylic acids is 1. The molecule has 1 atom stereocenters. The topological polar surface area (TPSA) is 75.3 Å². The molecule has 0 bridgehead atoms. The van der Waals surface area contributed by atoms with Crippen molar-refractivity contribution in [2.24, 2.45) is 5.92 Å². The number of urea groups is 1. The zero-order chi connectivity index (χ0) is 17.5. The molecule has 1 rings (SSSR count). The van der Waals surface area contributed by atoms with Gasteiger partial charge in [-0.1, -0.05) is 39.2 Å². The summed E-state index contributed by atoms with van der Waals surface area (Å²) in [5.41, 5.74) is 1.35.